The molecule has 0 aliphatic carbocycles. The second-order valence-electron chi connectivity index (χ2n) is 6.32. The largest absolute Gasteiger partial charge is 0.491 e. The third-order valence-corrected chi connectivity index (χ3v) is 4.80. The molecule has 0 fully saturated rings. The Morgan fingerprint density at radius 1 is 0.533 bits per heavy atom. The number of halogens is 1. The van der Waals surface area contributed by atoms with E-state index >= 15 is 0 Å². The highest BCUT2D eigenvalue weighted by atomic mass is 127. The highest BCUT2D eigenvalue weighted by molar-refractivity contribution is 14.1. The van der Waals surface area contributed by atoms with E-state index in [1.165, 1.54) is 14.7 Å². The molecule has 2 aromatic carbocycles. The Bertz CT molecular complexity index is 662. The van der Waals surface area contributed by atoms with E-state index in [0.29, 0.717) is 66.1 Å². The fourth-order valence-electron chi connectivity index (χ4n) is 2.51. The highest BCUT2D eigenvalue weighted by Gasteiger charge is 1.99. The van der Waals surface area contributed by atoms with Gasteiger partial charge in [0.15, 0.2) is 0 Å². The van der Waals surface area contributed by atoms with E-state index in [1.807, 2.05) is 12.1 Å². The van der Waals surface area contributed by atoms with Crippen molar-refractivity contribution >= 4 is 22.6 Å². The monoisotopic (exact) mass is 530 g/mol. The normalized spacial score (nSPS) is 11.0. The van der Waals surface area contributed by atoms with Crippen molar-refractivity contribution in [2.24, 2.45) is 0 Å². The van der Waals surface area contributed by atoms with Gasteiger partial charge in [0.05, 0.1) is 59.5 Å². The summed E-state index contributed by atoms with van der Waals surface area (Å²) in [6, 6.07) is 16.6. The lowest BCUT2D eigenvalue weighted by atomic mass is 10.1. The van der Waals surface area contributed by atoms with Crippen LogP contribution in [0.4, 0.5) is 0 Å². The molecular formula is C23H31IO6. The summed E-state index contributed by atoms with van der Waals surface area (Å²) < 4.78 is 33.5. The Morgan fingerprint density at radius 2 is 0.933 bits per heavy atom. The average molecular weight is 530 g/mol. The first-order valence-electron chi connectivity index (χ1n) is 10.1. The van der Waals surface area contributed by atoms with Crippen molar-refractivity contribution in [1.29, 1.82) is 0 Å². The maximum Gasteiger partial charge on any atom is 0.119 e. The Hall–Kier alpha value is -1.23. The van der Waals surface area contributed by atoms with Crippen LogP contribution in [0.3, 0.4) is 0 Å². The Kier molecular flexibility index (Phi) is 13.7. The molecule has 0 aliphatic rings. The number of methoxy groups -OCH3 is 1. The Labute approximate surface area is 192 Å². The zero-order chi connectivity index (χ0) is 21.3. The molecule has 0 atom stereocenters. The molecule has 0 amide bonds. The lowest BCUT2D eigenvalue weighted by Crippen LogP contribution is -2.14. The molecule has 0 bridgehead atoms. The number of ether oxygens (including phenoxy) is 6. The number of hydrogen-bond acceptors (Lipinski definition) is 6. The standard InChI is InChI=1S/C23H31IO6/c1-25-10-11-26-12-13-27-14-15-28-16-17-29-18-19-30-23-8-4-21(5-9-23)20-2-6-22(24)7-3-20/h2-9H,10-19H2,1H3. The van der Waals surface area contributed by atoms with Crippen LogP contribution in [-0.2, 0) is 23.7 Å². The molecule has 0 saturated carbocycles. The summed E-state index contributed by atoms with van der Waals surface area (Å²) in [5.74, 6) is 0.840. The van der Waals surface area contributed by atoms with E-state index in [2.05, 4.69) is 59.0 Å². The number of hydrogen-bond donors (Lipinski definition) is 0. The molecule has 0 unspecified atom stereocenters. The van der Waals surface area contributed by atoms with Gasteiger partial charge in [0.25, 0.3) is 0 Å². The van der Waals surface area contributed by atoms with Gasteiger partial charge in [0, 0.05) is 10.7 Å². The van der Waals surface area contributed by atoms with Crippen molar-refractivity contribution in [2.75, 3.05) is 73.2 Å². The molecule has 0 N–H and O–H groups in total. The predicted molar refractivity (Wildman–Crippen MR) is 125 cm³/mol. The number of benzene rings is 2. The first kappa shape index (κ1) is 25.0. The van der Waals surface area contributed by atoms with Crippen molar-refractivity contribution < 1.29 is 28.4 Å². The molecular weight excluding hydrogens is 499 g/mol. The van der Waals surface area contributed by atoms with Crippen molar-refractivity contribution in [3.63, 3.8) is 0 Å². The van der Waals surface area contributed by atoms with Crippen LogP contribution in [-0.4, -0.2) is 73.2 Å². The van der Waals surface area contributed by atoms with Gasteiger partial charge in [0.1, 0.15) is 12.4 Å². The van der Waals surface area contributed by atoms with Crippen molar-refractivity contribution in [2.45, 2.75) is 0 Å². The van der Waals surface area contributed by atoms with Crippen molar-refractivity contribution in [3.8, 4) is 16.9 Å². The van der Waals surface area contributed by atoms with Gasteiger partial charge in [-0.1, -0.05) is 24.3 Å². The van der Waals surface area contributed by atoms with Crippen LogP contribution in [0.5, 0.6) is 5.75 Å². The average Bonchev–Trinajstić information content (AvgIpc) is 2.77. The zero-order valence-electron chi connectivity index (χ0n) is 17.5. The highest BCUT2D eigenvalue weighted by Crippen LogP contribution is 2.23. The minimum atomic E-state index is 0.509. The summed E-state index contributed by atoms with van der Waals surface area (Å²) >= 11 is 2.31. The summed E-state index contributed by atoms with van der Waals surface area (Å²) in [5.41, 5.74) is 2.38. The second kappa shape index (κ2) is 16.5. The summed E-state index contributed by atoms with van der Waals surface area (Å²) in [6.07, 6.45) is 0. The maximum atomic E-state index is 5.72. The molecule has 7 heteroatoms. The van der Waals surface area contributed by atoms with E-state index in [4.69, 9.17) is 28.4 Å². The molecule has 30 heavy (non-hydrogen) atoms. The summed E-state index contributed by atoms with van der Waals surface area (Å²) in [5, 5.41) is 0. The molecule has 0 aliphatic heterocycles. The molecule has 0 heterocycles. The molecule has 0 spiro atoms. The summed E-state index contributed by atoms with van der Waals surface area (Å²) in [6.45, 7) is 5.54. The molecule has 2 rings (SSSR count). The first-order valence-corrected chi connectivity index (χ1v) is 11.2. The van der Waals surface area contributed by atoms with Gasteiger partial charge in [-0.3, -0.25) is 0 Å². The first-order chi connectivity index (χ1) is 14.8. The fourth-order valence-corrected chi connectivity index (χ4v) is 2.87. The van der Waals surface area contributed by atoms with Gasteiger partial charge in [-0.15, -0.1) is 0 Å². The van der Waals surface area contributed by atoms with E-state index < -0.39 is 0 Å². The Balaban J connectivity index is 1.41. The van der Waals surface area contributed by atoms with Crippen molar-refractivity contribution in [3.05, 3.63) is 52.1 Å². The zero-order valence-corrected chi connectivity index (χ0v) is 19.7. The summed E-state index contributed by atoms with van der Waals surface area (Å²) in [4.78, 5) is 0. The van der Waals surface area contributed by atoms with E-state index in [-0.39, 0.29) is 0 Å². The van der Waals surface area contributed by atoms with Crippen LogP contribution < -0.4 is 4.74 Å². The van der Waals surface area contributed by atoms with Gasteiger partial charge in [-0.25, -0.2) is 0 Å². The smallest absolute Gasteiger partial charge is 0.119 e. The molecule has 6 nitrogen and oxygen atoms in total. The molecule has 0 radical (unpaired) electrons. The van der Waals surface area contributed by atoms with Crippen LogP contribution in [0.15, 0.2) is 48.5 Å². The third-order valence-electron chi connectivity index (χ3n) is 4.08. The van der Waals surface area contributed by atoms with Gasteiger partial charge in [0.2, 0.25) is 0 Å². The van der Waals surface area contributed by atoms with Gasteiger partial charge in [-0.05, 0) is 58.0 Å². The maximum absolute atomic E-state index is 5.72. The Morgan fingerprint density at radius 3 is 1.40 bits per heavy atom. The van der Waals surface area contributed by atoms with Crippen LogP contribution in [0.1, 0.15) is 0 Å². The van der Waals surface area contributed by atoms with Crippen LogP contribution in [0.2, 0.25) is 0 Å². The van der Waals surface area contributed by atoms with E-state index in [0.717, 1.165) is 5.75 Å². The number of rotatable bonds is 17. The lowest BCUT2D eigenvalue weighted by molar-refractivity contribution is -0.00978. The molecule has 166 valence electrons. The topological polar surface area (TPSA) is 55.4 Å². The minimum Gasteiger partial charge on any atom is -0.491 e. The quantitative estimate of drug-likeness (QED) is 0.227. The molecule has 2 aromatic rings. The molecule has 0 aromatic heterocycles. The third kappa shape index (κ3) is 11.2. The van der Waals surface area contributed by atoms with Gasteiger partial charge < -0.3 is 28.4 Å². The molecule has 0 saturated heterocycles. The van der Waals surface area contributed by atoms with Crippen LogP contribution in [0, 0.1) is 3.57 Å². The summed E-state index contributed by atoms with van der Waals surface area (Å²) in [7, 11) is 1.65. The predicted octanol–water partition coefficient (Wildman–Crippen LogP) is 4.05. The SMILES string of the molecule is COCCOCCOCCOCCOCCOc1ccc(-c2ccc(I)cc2)cc1. The van der Waals surface area contributed by atoms with Crippen LogP contribution in [0.25, 0.3) is 11.1 Å². The van der Waals surface area contributed by atoms with Crippen LogP contribution >= 0.6 is 22.6 Å². The van der Waals surface area contributed by atoms with E-state index in [1.54, 1.807) is 7.11 Å². The minimum absolute atomic E-state index is 0.509. The lowest BCUT2D eigenvalue weighted by Gasteiger charge is -2.09. The van der Waals surface area contributed by atoms with E-state index in [9.17, 15) is 0 Å². The second-order valence-corrected chi connectivity index (χ2v) is 7.57. The van der Waals surface area contributed by atoms with Crippen molar-refractivity contribution in [1.82, 2.24) is 0 Å². The van der Waals surface area contributed by atoms with Gasteiger partial charge >= 0.3 is 0 Å². The van der Waals surface area contributed by atoms with Gasteiger partial charge in [-0.2, -0.15) is 0 Å². The fraction of sp³-hybridized carbons (Fsp3) is 0.478.